The van der Waals surface area contributed by atoms with Gasteiger partial charge in [-0.25, -0.2) is 0 Å². The van der Waals surface area contributed by atoms with Crippen LogP contribution in [0.1, 0.15) is 13.3 Å². The molecule has 2 rings (SSSR count). The number of carbonyl (C=O) groups is 2. The van der Waals surface area contributed by atoms with Crippen LogP contribution in [-0.2, 0) is 9.59 Å². The Hall–Kier alpha value is -1.06. The minimum atomic E-state index is -0.189. The third kappa shape index (κ3) is 0.906. The van der Waals surface area contributed by atoms with Crippen molar-refractivity contribution in [3.63, 3.8) is 0 Å². The van der Waals surface area contributed by atoms with E-state index in [1.54, 1.807) is 4.90 Å². The van der Waals surface area contributed by atoms with Gasteiger partial charge in [-0.2, -0.15) is 0 Å². The fraction of sp³-hybridized carbons (Fsp3) is 0.750. The van der Waals surface area contributed by atoms with Gasteiger partial charge in [0.1, 0.15) is 6.04 Å². The molecule has 2 fully saturated rings. The molecule has 2 aliphatic heterocycles. The second-order valence-electron chi connectivity index (χ2n) is 3.52. The van der Waals surface area contributed by atoms with Gasteiger partial charge in [0.15, 0.2) is 0 Å². The van der Waals surface area contributed by atoms with Crippen LogP contribution in [0.25, 0.3) is 0 Å². The molecule has 0 saturated carbocycles. The predicted molar refractivity (Wildman–Crippen MR) is 42.3 cm³/mol. The van der Waals surface area contributed by atoms with E-state index in [4.69, 9.17) is 0 Å². The van der Waals surface area contributed by atoms with E-state index in [1.165, 1.54) is 0 Å². The standard InChI is InChI=1S/C8H12N2O2/c1-5-2-3-10-6(11)4-9-8(12)7(5)10/h5,7H,2-4H2,1H3,(H,9,12)/t5?,7-/m0/s1. The maximum Gasteiger partial charge on any atom is 0.243 e. The molecule has 4 nitrogen and oxygen atoms in total. The van der Waals surface area contributed by atoms with Gasteiger partial charge in [0.25, 0.3) is 0 Å². The Kier molecular flexibility index (Phi) is 1.56. The second-order valence-corrected chi connectivity index (χ2v) is 3.52. The minimum Gasteiger partial charge on any atom is -0.345 e. The number of fused-ring (bicyclic) bond motifs is 1. The highest BCUT2D eigenvalue weighted by atomic mass is 16.2. The van der Waals surface area contributed by atoms with Crippen LogP contribution in [0, 0.1) is 5.92 Å². The average molecular weight is 168 g/mol. The summed E-state index contributed by atoms with van der Waals surface area (Å²) >= 11 is 0. The van der Waals surface area contributed by atoms with Gasteiger partial charge < -0.3 is 10.2 Å². The molecule has 2 aliphatic rings. The monoisotopic (exact) mass is 168 g/mol. The summed E-state index contributed by atoms with van der Waals surface area (Å²) in [5, 5.41) is 2.60. The highest BCUT2D eigenvalue weighted by Crippen LogP contribution is 2.25. The van der Waals surface area contributed by atoms with Gasteiger partial charge in [0.05, 0.1) is 6.54 Å². The third-order valence-corrected chi connectivity index (χ3v) is 2.70. The van der Waals surface area contributed by atoms with Gasteiger partial charge in [0, 0.05) is 6.54 Å². The van der Waals surface area contributed by atoms with Crippen molar-refractivity contribution in [1.82, 2.24) is 10.2 Å². The molecule has 66 valence electrons. The fourth-order valence-corrected chi connectivity index (χ4v) is 2.00. The van der Waals surface area contributed by atoms with Gasteiger partial charge in [0.2, 0.25) is 11.8 Å². The van der Waals surface area contributed by atoms with E-state index in [0.717, 1.165) is 13.0 Å². The van der Waals surface area contributed by atoms with Crippen molar-refractivity contribution in [2.75, 3.05) is 13.1 Å². The quantitative estimate of drug-likeness (QED) is 0.522. The highest BCUT2D eigenvalue weighted by molar-refractivity contribution is 5.95. The minimum absolute atomic E-state index is 0.0135. The molecule has 0 aromatic carbocycles. The van der Waals surface area contributed by atoms with Crippen molar-refractivity contribution in [2.24, 2.45) is 5.92 Å². The van der Waals surface area contributed by atoms with E-state index < -0.39 is 0 Å². The zero-order chi connectivity index (χ0) is 8.72. The number of carbonyl (C=O) groups excluding carboxylic acids is 2. The molecular weight excluding hydrogens is 156 g/mol. The van der Waals surface area contributed by atoms with Gasteiger partial charge in [-0.1, -0.05) is 6.92 Å². The first-order valence-electron chi connectivity index (χ1n) is 4.27. The summed E-state index contributed by atoms with van der Waals surface area (Å²) in [6.45, 7) is 2.95. The molecule has 1 N–H and O–H groups in total. The molecule has 0 radical (unpaired) electrons. The first-order chi connectivity index (χ1) is 5.70. The van der Waals surface area contributed by atoms with Crippen LogP contribution in [0.15, 0.2) is 0 Å². The number of piperazine rings is 1. The Morgan fingerprint density at radius 1 is 1.50 bits per heavy atom. The molecule has 0 aromatic heterocycles. The lowest BCUT2D eigenvalue weighted by Crippen LogP contribution is -2.56. The molecule has 4 heteroatoms. The van der Waals surface area contributed by atoms with Crippen molar-refractivity contribution in [3.05, 3.63) is 0 Å². The summed E-state index contributed by atoms with van der Waals surface area (Å²) < 4.78 is 0. The number of rotatable bonds is 0. The van der Waals surface area contributed by atoms with Gasteiger partial charge in [-0.05, 0) is 12.3 Å². The Morgan fingerprint density at radius 3 is 2.92 bits per heavy atom. The van der Waals surface area contributed by atoms with Crippen LogP contribution < -0.4 is 5.32 Å². The van der Waals surface area contributed by atoms with E-state index >= 15 is 0 Å². The van der Waals surface area contributed by atoms with Gasteiger partial charge in [-0.3, -0.25) is 9.59 Å². The topological polar surface area (TPSA) is 49.4 Å². The predicted octanol–water partition coefficient (Wildman–Crippen LogP) is -0.647. The van der Waals surface area contributed by atoms with Crippen molar-refractivity contribution in [3.8, 4) is 0 Å². The highest BCUT2D eigenvalue weighted by Gasteiger charge is 2.42. The molecule has 0 spiro atoms. The maximum atomic E-state index is 11.3. The van der Waals surface area contributed by atoms with E-state index in [9.17, 15) is 9.59 Å². The average Bonchev–Trinajstić information content (AvgIpc) is 2.42. The van der Waals surface area contributed by atoms with E-state index in [1.807, 2.05) is 6.92 Å². The van der Waals surface area contributed by atoms with E-state index in [2.05, 4.69) is 5.32 Å². The number of nitrogens with zero attached hydrogens (tertiary/aromatic N) is 1. The van der Waals surface area contributed by atoms with E-state index in [0.29, 0.717) is 5.92 Å². The van der Waals surface area contributed by atoms with Crippen LogP contribution in [0.5, 0.6) is 0 Å². The maximum absolute atomic E-state index is 11.3. The summed E-state index contributed by atoms with van der Waals surface area (Å²) in [5.74, 6) is 0.387. The summed E-state index contributed by atoms with van der Waals surface area (Å²) in [4.78, 5) is 24.3. The fourth-order valence-electron chi connectivity index (χ4n) is 2.00. The Labute approximate surface area is 70.9 Å². The molecule has 0 aromatic rings. The van der Waals surface area contributed by atoms with Crippen LogP contribution >= 0.6 is 0 Å². The number of nitrogens with one attached hydrogen (secondary N) is 1. The summed E-state index contributed by atoms with van der Waals surface area (Å²) in [6.07, 6.45) is 0.948. The first-order valence-corrected chi connectivity index (χ1v) is 4.27. The smallest absolute Gasteiger partial charge is 0.243 e. The lowest BCUT2D eigenvalue weighted by Gasteiger charge is -2.30. The van der Waals surface area contributed by atoms with E-state index in [-0.39, 0.29) is 24.4 Å². The largest absolute Gasteiger partial charge is 0.345 e. The lowest BCUT2D eigenvalue weighted by molar-refractivity contribution is -0.144. The zero-order valence-electron chi connectivity index (χ0n) is 7.04. The molecule has 2 saturated heterocycles. The molecule has 2 amide bonds. The van der Waals surface area contributed by atoms with Crippen LogP contribution in [0.3, 0.4) is 0 Å². The molecule has 0 bridgehead atoms. The molecule has 0 aliphatic carbocycles. The normalized spacial score (nSPS) is 34.9. The lowest BCUT2D eigenvalue weighted by atomic mass is 10.0. The number of hydrogen-bond acceptors (Lipinski definition) is 2. The number of hydrogen-bond donors (Lipinski definition) is 1. The molecule has 12 heavy (non-hydrogen) atoms. The summed E-state index contributed by atoms with van der Waals surface area (Å²) in [5.41, 5.74) is 0. The van der Waals surface area contributed by atoms with Crippen LogP contribution in [0.2, 0.25) is 0 Å². The zero-order valence-corrected chi connectivity index (χ0v) is 7.04. The second kappa shape index (κ2) is 2.47. The van der Waals surface area contributed by atoms with Crippen molar-refractivity contribution >= 4 is 11.8 Å². The Bertz CT molecular complexity index is 239. The molecular formula is C8H12N2O2. The third-order valence-electron chi connectivity index (χ3n) is 2.70. The van der Waals surface area contributed by atoms with Gasteiger partial charge >= 0.3 is 0 Å². The molecule has 1 unspecified atom stereocenters. The van der Waals surface area contributed by atoms with Crippen molar-refractivity contribution < 1.29 is 9.59 Å². The van der Waals surface area contributed by atoms with Gasteiger partial charge in [-0.15, -0.1) is 0 Å². The molecule has 2 atom stereocenters. The summed E-state index contributed by atoms with van der Waals surface area (Å²) in [7, 11) is 0. The van der Waals surface area contributed by atoms with Crippen LogP contribution in [-0.4, -0.2) is 35.8 Å². The Balaban J connectivity index is 2.24. The van der Waals surface area contributed by atoms with Crippen molar-refractivity contribution in [2.45, 2.75) is 19.4 Å². The van der Waals surface area contributed by atoms with Crippen LogP contribution in [0.4, 0.5) is 0 Å². The first kappa shape index (κ1) is 7.58. The van der Waals surface area contributed by atoms with Crippen molar-refractivity contribution in [1.29, 1.82) is 0 Å². The molecule has 2 heterocycles. The SMILES string of the molecule is CC1CCN2C(=O)CNC(=O)[C@H]12. The summed E-state index contributed by atoms with van der Waals surface area (Å²) in [6, 6.07) is -0.189. The Morgan fingerprint density at radius 2 is 2.25 bits per heavy atom. The number of amides is 2.